The average Bonchev–Trinajstić information content (AvgIpc) is 2.76. The molecule has 8 nitrogen and oxygen atoms in total. The third kappa shape index (κ3) is 2.57. The van der Waals surface area contributed by atoms with Crippen LogP contribution in [-0.2, 0) is 4.74 Å². The fourth-order valence-corrected chi connectivity index (χ4v) is 1.45. The van der Waals surface area contributed by atoms with Gasteiger partial charge >= 0.3 is 18.2 Å². The van der Waals surface area contributed by atoms with Gasteiger partial charge in [0.25, 0.3) is 0 Å². The Morgan fingerprint density at radius 2 is 2.00 bits per heavy atom. The predicted molar refractivity (Wildman–Crippen MR) is 66.6 cm³/mol. The highest BCUT2D eigenvalue weighted by Gasteiger charge is 2.16. The maximum atomic E-state index is 11.3. The van der Waals surface area contributed by atoms with Crippen molar-refractivity contribution in [3.05, 3.63) is 24.3 Å². The molecule has 2 amide bonds. The van der Waals surface area contributed by atoms with Crippen molar-refractivity contribution in [2.24, 2.45) is 0 Å². The van der Waals surface area contributed by atoms with Crippen LogP contribution >= 0.6 is 0 Å². The number of carbonyl (C=O) groups excluding carboxylic acids is 2. The van der Waals surface area contributed by atoms with Crippen LogP contribution in [0.1, 0.15) is 0 Å². The lowest BCUT2D eigenvalue weighted by Crippen LogP contribution is -2.27. The second-order valence-electron chi connectivity index (χ2n) is 3.46. The first-order valence-electron chi connectivity index (χ1n) is 5.37. The molecular weight excluding hydrogens is 252 g/mol. The lowest BCUT2D eigenvalue weighted by Gasteiger charge is -2.08. The summed E-state index contributed by atoms with van der Waals surface area (Å²) in [7, 11) is 2.65. The fourth-order valence-electron chi connectivity index (χ4n) is 1.45. The molecule has 19 heavy (non-hydrogen) atoms. The van der Waals surface area contributed by atoms with Crippen LogP contribution in [0.5, 0.6) is 6.01 Å². The first-order valence-corrected chi connectivity index (χ1v) is 5.37. The number of nitrogens with one attached hydrogen (secondary N) is 2. The van der Waals surface area contributed by atoms with Crippen LogP contribution in [0, 0.1) is 0 Å². The van der Waals surface area contributed by atoms with Gasteiger partial charge in [-0.2, -0.15) is 9.66 Å². The summed E-state index contributed by atoms with van der Waals surface area (Å²) < 4.78 is 10.7. The van der Waals surface area contributed by atoms with E-state index in [-0.39, 0.29) is 6.01 Å². The van der Waals surface area contributed by atoms with E-state index < -0.39 is 12.2 Å². The predicted octanol–water partition coefficient (Wildman–Crippen LogP) is 1.06. The second-order valence-corrected chi connectivity index (χ2v) is 3.46. The van der Waals surface area contributed by atoms with Crippen molar-refractivity contribution in [3.8, 4) is 6.01 Å². The monoisotopic (exact) mass is 264 g/mol. The highest BCUT2D eigenvalue weighted by molar-refractivity contribution is 5.83. The van der Waals surface area contributed by atoms with E-state index in [0.717, 1.165) is 0 Å². The largest absolute Gasteiger partial charge is 0.452 e. The van der Waals surface area contributed by atoms with E-state index in [1.54, 1.807) is 24.3 Å². The van der Waals surface area contributed by atoms with Crippen molar-refractivity contribution >= 4 is 23.2 Å². The number of fused-ring (bicyclic) bond motifs is 1. The number of nitrogens with zero attached hydrogens (tertiary/aromatic N) is 2. The van der Waals surface area contributed by atoms with Gasteiger partial charge in [0.05, 0.1) is 18.1 Å². The molecule has 8 heteroatoms. The van der Waals surface area contributed by atoms with Gasteiger partial charge < -0.3 is 14.8 Å². The molecule has 1 aromatic carbocycles. The number of imidazole rings is 1. The Bertz CT molecular complexity index is 622. The molecule has 0 atom stereocenters. The molecule has 1 heterocycles. The summed E-state index contributed by atoms with van der Waals surface area (Å²) in [6.07, 6.45) is -1.40. The maximum Gasteiger partial charge on any atom is 0.426 e. The molecular formula is C11H12N4O4. The summed E-state index contributed by atoms with van der Waals surface area (Å²) in [6.45, 7) is 0. The van der Waals surface area contributed by atoms with Gasteiger partial charge in [0.1, 0.15) is 0 Å². The number of carbonyl (C=O) groups is 2. The first kappa shape index (κ1) is 12.7. The van der Waals surface area contributed by atoms with E-state index in [4.69, 9.17) is 4.74 Å². The molecule has 0 bridgehead atoms. The normalized spacial score (nSPS) is 10.0. The van der Waals surface area contributed by atoms with Crippen molar-refractivity contribution in [1.29, 1.82) is 0 Å². The molecule has 0 spiro atoms. The van der Waals surface area contributed by atoms with Crippen molar-refractivity contribution in [2.45, 2.75) is 0 Å². The van der Waals surface area contributed by atoms with E-state index in [1.807, 2.05) is 0 Å². The zero-order valence-electron chi connectivity index (χ0n) is 10.3. The fraction of sp³-hybridized carbons (Fsp3) is 0.182. The summed E-state index contributed by atoms with van der Waals surface area (Å²) in [5.41, 5.74) is 3.54. The second kappa shape index (κ2) is 5.25. The Kier molecular flexibility index (Phi) is 3.51. The third-order valence-electron chi connectivity index (χ3n) is 2.31. The summed E-state index contributed by atoms with van der Waals surface area (Å²) in [4.78, 5) is 26.6. The van der Waals surface area contributed by atoms with Gasteiger partial charge in [0, 0.05) is 7.05 Å². The Morgan fingerprint density at radius 1 is 1.26 bits per heavy atom. The van der Waals surface area contributed by atoms with Gasteiger partial charge in [-0.25, -0.2) is 15.0 Å². The van der Waals surface area contributed by atoms with Gasteiger partial charge in [0.15, 0.2) is 0 Å². The van der Waals surface area contributed by atoms with Crippen molar-refractivity contribution in [1.82, 2.24) is 15.0 Å². The smallest absolute Gasteiger partial charge is 0.426 e. The molecule has 2 N–H and O–H groups in total. The summed E-state index contributed by atoms with van der Waals surface area (Å²) in [5.74, 6) is 0. The zero-order valence-corrected chi connectivity index (χ0v) is 10.3. The summed E-state index contributed by atoms with van der Waals surface area (Å²) >= 11 is 0. The Labute approximate surface area is 108 Å². The number of amides is 2. The van der Waals surface area contributed by atoms with Gasteiger partial charge in [-0.1, -0.05) is 12.1 Å². The quantitative estimate of drug-likeness (QED) is 0.845. The van der Waals surface area contributed by atoms with Gasteiger partial charge in [-0.15, -0.1) is 0 Å². The van der Waals surface area contributed by atoms with Crippen molar-refractivity contribution < 1.29 is 19.1 Å². The number of para-hydroxylation sites is 2. The molecule has 2 aromatic rings. The number of methoxy groups -OCH3 is 1. The highest BCUT2D eigenvalue weighted by atomic mass is 16.6. The number of aromatic nitrogens is 2. The topological polar surface area (TPSA) is 94.5 Å². The lowest BCUT2D eigenvalue weighted by atomic mass is 10.3. The van der Waals surface area contributed by atoms with E-state index in [1.165, 1.54) is 18.8 Å². The van der Waals surface area contributed by atoms with E-state index in [2.05, 4.69) is 20.5 Å². The summed E-state index contributed by atoms with van der Waals surface area (Å²) in [6, 6.07) is 6.92. The van der Waals surface area contributed by atoms with Gasteiger partial charge in [-0.3, -0.25) is 0 Å². The van der Waals surface area contributed by atoms with Crippen molar-refractivity contribution in [3.63, 3.8) is 0 Å². The number of benzene rings is 1. The minimum absolute atomic E-state index is 0.0639. The molecule has 0 saturated carbocycles. The van der Waals surface area contributed by atoms with Crippen LogP contribution in [-0.4, -0.2) is 36.0 Å². The molecule has 1 aromatic heterocycles. The SMILES string of the molecule is CNC(=O)Oc1nc2ccccc2n1NC(=O)OC. The van der Waals surface area contributed by atoms with Gasteiger partial charge in [-0.05, 0) is 12.1 Å². The Morgan fingerprint density at radius 3 is 2.68 bits per heavy atom. The van der Waals surface area contributed by atoms with Crippen LogP contribution < -0.4 is 15.5 Å². The molecule has 0 radical (unpaired) electrons. The first-order chi connectivity index (χ1) is 9.15. The maximum absolute atomic E-state index is 11.3. The zero-order chi connectivity index (χ0) is 13.8. The number of hydrogen-bond donors (Lipinski definition) is 2. The highest BCUT2D eigenvalue weighted by Crippen LogP contribution is 2.19. The number of rotatable bonds is 2. The summed E-state index contributed by atoms with van der Waals surface area (Å²) in [5, 5.41) is 2.29. The third-order valence-corrected chi connectivity index (χ3v) is 2.31. The minimum atomic E-state index is -0.704. The number of ether oxygens (including phenoxy) is 2. The van der Waals surface area contributed by atoms with E-state index >= 15 is 0 Å². The van der Waals surface area contributed by atoms with Crippen LogP contribution in [0.25, 0.3) is 11.0 Å². The minimum Gasteiger partial charge on any atom is -0.452 e. The molecule has 0 aliphatic carbocycles. The molecule has 0 aliphatic heterocycles. The van der Waals surface area contributed by atoms with Crippen LogP contribution in [0.15, 0.2) is 24.3 Å². The molecule has 100 valence electrons. The van der Waals surface area contributed by atoms with Crippen LogP contribution in [0.4, 0.5) is 9.59 Å². The molecule has 0 fully saturated rings. The standard InChI is InChI=1S/C11H12N4O4/c1-12-10(16)19-9-13-7-5-3-4-6-8(7)15(9)14-11(17)18-2/h3-6H,1-2H3,(H,12,16)(H,14,17). The Balaban J connectivity index is 2.45. The molecule has 0 saturated heterocycles. The molecule has 2 rings (SSSR count). The molecule has 0 aliphatic rings. The lowest BCUT2D eigenvalue weighted by molar-refractivity contribution is 0.180. The van der Waals surface area contributed by atoms with Gasteiger partial charge in [0.2, 0.25) is 0 Å². The average molecular weight is 264 g/mol. The Hall–Kier alpha value is -2.77. The van der Waals surface area contributed by atoms with Crippen LogP contribution in [0.3, 0.4) is 0 Å². The van der Waals surface area contributed by atoms with E-state index in [0.29, 0.717) is 11.0 Å². The number of hydrogen-bond acceptors (Lipinski definition) is 5. The molecule has 0 unspecified atom stereocenters. The van der Waals surface area contributed by atoms with E-state index in [9.17, 15) is 9.59 Å². The van der Waals surface area contributed by atoms with Crippen LogP contribution in [0.2, 0.25) is 0 Å². The van der Waals surface area contributed by atoms with Crippen molar-refractivity contribution in [2.75, 3.05) is 19.6 Å².